The van der Waals surface area contributed by atoms with Gasteiger partial charge in [0.2, 0.25) is 0 Å². The van der Waals surface area contributed by atoms with Crippen molar-refractivity contribution in [3.8, 4) is 5.69 Å². The first-order valence-corrected chi connectivity index (χ1v) is 9.59. The molecule has 3 heterocycles. The van der Waals surface area contributed by atoms with E-state index in [2.05, 4.69) is 39.6 Å². The summed E-state index contributed by atoms with van der Waals surface area (Å²) in [6, 6.07) is 9.93. The van der Waals surface area contributed by atoms with Gasteiger partial charge in [-0.2, -0.15) is 10.2 Å². The molecule has 7 nitrogen and oxygen atoms in total. The average molecular weight is 388 g/mol. The Bertz CT molecular complexity index is 1200. The monoisotopic (exact) mass is 388 g/mol. The molecule has 29 heavy (non-hydrogen) atoms. The van der Waals surface area contributed by atoms with Crippen LogP contribution in [0.2, 0.25) is 0 Å². The van der Waals surface area contributed by atoms with Crippen molar-refractivity contribution in [2.24, 2.45) is 0 Å². The van der Waals surface area contributed by atoms with E-state index in [-0.39, 0.29) is 11.9 Å². The van der Waals surface area contributed by atoms with Gasteiger partial charge in [0.05, 0.1) is 24.1 Å². The van der Waals surface area contributed by atoms with Gasteiger partial charge >= 0.3 is 0 Å². The first-order valence-electron chi connectivity index (χ1n) is 9.59. The lowest BCUT2D eigenvalue weighted by Crippen LogP contribution is -2.27. The van der Waals surface area contributed by atoms with E-state index >= 15 is 0 Å². The molecule has 0 fully saturated rings. The van der Waals surface area contributed by atoms with E-state index in [0.29, 0.717) is 11.2 Å². The third-order valence-corrected chi connectivity index (χ3v) is 5.16. The fraction of sp³-hybridized carbons (Fsp3) is 0.273. The zero-order valence-corrected chi connectivity index (χ0v) is 17.3. The van der Waals surface area contributed by atoms with Crippen LogP contribution in [0.1, 0.15) is 51.5 Å². The van der Waals surface area contributed by atoms with E-state index in [1.807, 2.05) is 56.8 Å². The quantitative estimate of drug-likeness (QED) is 0.579. The summed E-state index contributed by atoms with van der Waals surface area (Å²) in [6.45, 7) is 9.88. The molecule has 148 valence electrons. The second-order valence-electron chi connectivity index (χ2n) is 7.46. The maximum atomic E-state index is 12.9. The van der Waals surface area contributed by atoms with Crippen LogP contribution in [0, 0.1) is 27.7 Å². The van der Waals surface area contributed by atoms with Crippen LogP contribution < -0.4 is 5.32 Å². The number of aryl methyl sites for hydroxylation is 3. The first kappa shape index (κ1) is 18.9. The second kappa shape index (κ2) is 7.16. The molecule has 1 aromatic carbocycles. The molecule has 0 aliphatic carbocycles. The van der Waals surface area contributed by atoms with Crippen LogP contribution in [-0.2, 0) is 0 Å². The third-order valence-electron chi connectivity index (χ3n) is 5.16. The second-order valence-corrected chi connectivity index (χ2v) is 7.46. The summed E-state index contributed by atoms with van der Waals surface area (Å²) in [4.78, 5) is 17.4. The van der Waals surface area contributed by atoms with Gasteiger partial charge in [0.1, 0.15) is 5.56 Å². The van der Waals surface area contributed by atoms with E-state index in [1.54, 1.807) is 10.7 Å². The van der Waals surface area contributed by atoms with Gasteiger partial charge in [0, 0.05) is 22.6 Å². The van der Waals surface area contributed by atoms with Crippen molar-refractivity contribution in [1.82, 2.24) is 29.7 Å². The number of fused-ring (bicyclic) bond motifs is 1. The van der Waals surface area contributed by atoms with Crippen LogP contribution in [0.25, 0.3) is 11.3 Å². The standard InChI is InChI=1S/C22H24N6O/c1-13-6-8-18(9-7-13)28-17(5)19(11-24-28)16(4)26-22(29)20-12-23-27-15(3)10-14(2)25-21(20)27/h6-12,16H,1-5H3,(H,26,29). The number of hydrogen-bond donors (Lipinski definition) is 1. The van der Waals surface area contributed by atoms with Crippen LogP contribution in [0.5, 0.6) is 0 Å². The van der Waals surface area contributed by atoms with Gasteiger partial charge in [0.15, 0.2) is 5.65 Å². The number of carbonyl (C=O) groups is 1. The van der Waals surface area contributed by atoms with Crippen molar-refractivity contribution in [3.05, 3.63) is 76.5 Å². The molecule has 0 saturated carbocycles. The summed E-state index contributed by atoms with van der Waals surface area (Å²) in [5, 5.41) is 11.9. The lowest BCUT2D eigenvalue weighted by molar-refractivity contribution is 0.0941. The van der Waals surface area contributed by atoms with Gasteiger partial charge in [-0.3, -0.25) is 4.79 Å². The molecule has 1 unspecified atom stereocenters. The van der Waals surface area contributed by atoms with Gasteiger partial charge in [-0.05, 0) is 52.8 Å². The lowest BCUT2D eigenvalue weighted by Gasteiger charge is -2.14. The molecule has 1 N–H and O–H groups in total. The molecule has 3 aromatic heterocycles. The van der Waals surface area contributed by atoms with Crippen LogP contribution in [-0.4, -0.2) is 30.3 Å². The molecular formula is C22H24N6O. The van der Waals surface area contributed by atoms with Crippen molar-refractivity contribution in [2.75, 3.05) is 0 Å². The molecule has 0 radical (unpaired) electrons. The zero-order valence-electron chi connectivity index (χ0n) is 17.3. The highest BCUT2D eigenvalue weighted by molar-refractivity contribution is 5.99. The Labute approximate surface area is 169 Å². The molecule has 0 saturated heterocycles. The summed E-state index contributed by atoms with van der Waals surface area (Å²) in [5.74, 6) is -0.201. The predicted octanol–water partition coefficient (Wildman–Crippen LogP) is 3.64. The minimum atomic E-state index is -0.206. The number of amides is 1. The third kappa shape index (κ3) is 3.40. The van der Waals surface area contributed by atoms with Crippen molar-refractivity contribution in [2.45, 2.75) is 40.7 Å². The SMILES string of the molecule is Cc1ccc(-n2ncc(C(C)NC(=O)c3cnn4c(C)cc(C)nc34)c2C)cc1. The number of benzene rings is 1. The van der Waals surface area contributed by atoms with E-state index in [4.69, 9.17) is 0 Å². The Morgan fingerprint density at radius 1 is 1.03 bits per heavy atom. The molecular weight excluding hydrogens is 364 g/mol. The first-order chi connectivity index (χ1) is 13.8. The molecule has 1 atom stereocenters. The highest BCUT2D eigenvalue weighted by Crippen LogP contribution is 2.21. The molecule has 7 heteroatoms. The Kier molecular flexibility index (Phi) is 4.66. The molecule has 0 aliphatic rings. The van der Waals surface area contributed by atoms with Crippen LogP contribution >= 0.6 is 0 Å². The summed E-state index contributed by atoms with van der Waals surface area (Å²) < 4.78 is 3.58. The van der Waals surface area contributed by atoms with E-state index in [0.717, 1.165) is 28.3 Å². The fourth-order valence-corrected chi connectivity index (χ4v) is 3.58. The lowest BCUT2D eigenvalue weighted by atomic mass is 10.1. The molecule has 0 aliphatic heterocycles. The maximum absolute atomic E-state index is 12.9. The number of nitrogens with one attached hydrogen (secondary N) is 1. The number of nitrogens with zero attached hydrogens (tertiary/aromatic N) is 5. The molecule has 4 rings (SSSR count). The smallest absolute Gasteiger partial charge is 0.257 e. The topological polar surface area (TPSA) is 77.1 Å². The molecule has 0 bridgehead atoms. The average Bonchev–Trinajstić information content (AvgIpc) is 3.26. The zero-order chi connectivity index (χ0) is 20.7. The van der Waals surface area contributed by atoms with Gasteiger partial charge in [-0.15, -0.1) is 0 Å². The Hall–Kier alpha value is -3.48. The number of carbonyl (C=O) groups excluding carboxylic acids is 1. The van der Waals surface area contributed by atoms with Crippen LogP contribution in [0.15, 0.2) is 42.7 Å². The summed E-state index contributed by atoms with van der Waals surface area (Å²) in [7, 11) is 0. The van der Waals surface area contributed by atoms with Gasteiger partial charge in [-0.25, -0.2) is 14.2 Å². The number of aromatic nitrogens is 5. The molecule has 1 amide bonds. The Morgan fingerprint density at radius 3 is 2.48 bits per heavy atom. The highest BCUT2D eigenvalue weighted by Gasteiger charge is 2.20. The van der Waals surface area contributed by atoms with Gasteiger partial charge in [-0.1, -0.05) is 17.7 Å². The number of rotatable bonds is 4. The minimum absolute atomic E-state index is 0.201. The molecule has 4 aromatic rings. The van der Waals surface area contributed by atoms with E-state index in [1.165, 1.54) is 5.56 Å². The van der Waals surface area contributed by atoms with Crippen LogP contribution in [0.4, 0.5) is 0 Å². The predicted molar refractivity (Wildman–Crippen MR) is 111 cm³/mol. The van der Waals surface area contributed by atoms with E-state index < -0.39 is 0 Å². The fourth-order valence-electron chi connectivity index (χ4n) is 3.58. The number of hydrogen-bond acceptors (Lipinski definition) is 4. The maximum Gasteiger partial charge on any atom is 0.257 e. The van der Waals surface area contributed by atoms with Crippen molar-refractivity contribution < 1.29 is 4.79 Å². The van der Waals surface area contributed by atoms with Gasteiger partial charge < -0.3 is 5.32 Å². The Balaban J connectivity index is 1.59. The van der Waals surface area contributed by atoms with Crippen LogP contribution in [0.3, 0.4) is 0 Å². The van der Waals surface area contributed by atoms with Crippen molar-refractivity contribution in [1.29, 1.82) is 0 Å². The normalized spacial score (nSPS) is 12.3. The summed E-state index contributed by atoms with van der Waals surface area (Å²) >= 11 is 0. The van der Waals surface area contributed by atoms with Crippen molar-refractivity contribution in [3.63, 3.8) is 0 Å². The highest BCUT2D eigenvalue weighted by atomic mass is 16.1. The molecule has 0 spiro atoms. The Morgan fingerprint density at radius 2 is 1.76 bits per heavy atom. The van der Waals surface area contributed by atoms with Crippen molar-refractivity contribution >= 4 is 11.6 Å². The summed E-state index contributed by atoms with van der Waals surface area (Å²) in [6.07, 6.45) is 3.38. The summed E-state index contributed by atoms with van der Waals surface area (Å²) in [5.41, 5.74) is 6.98. The minimum Gasteiger partial charge on any atom is -0.345 e. The van der Waals surface area contributed by atoms with E-state index in [9.17, 15) is 4.79 Å². The van der Waals surface area contributed by atoms with Gasteiger partial charge in [0.25, 0.3) is 5.91 Å². The largest absolute Gasteiger partial charge is 0.345 e.